The van der Waals surface area contributed by atoms with E-state index in [1.54, 1.807) is 7.11 Å². The summed E-state index contributed by atoms with van der Waals surface area (Å²) in [7, 11) is 1.77. The van der Waals surface area contributed by atoms with Crippen molar-refractivity contribution < 1.29 is 4.74 Å². The van der Waals surface area contributed by atoms with Crippen molar-refractivity contribution in [1.82, 2.24) is 5.32 Å². The van der Waals surface area contributed by atoms with Crippen LogP contribution in [0.3, 0.4) is 0 Å². The number of hydrogen-bond donors (Lipinski definition) is 1. The normalized spacial score (nSPS) is 19.1. The fourth-order valence-corrected chi connectivity index (χ4v) is 2.79. The number of benzene rings is 1. The van der Waals surface area contributed by atoms with Crippen molar-refractivity contribution in [3.8, 4) is 5.75 Å². The summed E-state index contributed by atoms with van der Waals surface area (Å²) in [4.78, 5) is 0. The smallest absolute Gasteiger partial charge is 0.122 e. The van der Waals surface area contributed by atoms with Crippen LogP contribution in [0.5, 0.6) is 5.75 Å². The number of aryl methyl sites for hydroxylation is 2. The molecule has 1 N–H and O–H groups in total. The zero-order valence-corrected chi connectivity index (χ0v) is 11.7. The van der Waals surface area contributed by atoms with Crippen LogP contribution in [-0.4, -0.2) is 19.7 Å². The first-order chi connectivity index (χ1) is 8.83. The first kappa shape index (κ1) is 13.4. The summed E-state index contributed by atoms with van der Waals surface area (Å²) in [6.45, 7) is 3.41. The molecule has 1 aromatic carbocycles. The molecule has 2 rings (SSSR count). The zero-order valence-electron chi connectivity index (χ0n) is 11.7. The van der Waals surface area contributed by atoms with Crippen molar-refractivity contribution >= 4 is 0 Å². The number of methoxy groups -OCH3 is 1. The fourth-order valence-electron chi connectivity index (χ4n) is 2.79. The SMILES string of the molecule is CCc1ccc(OC)c(CCCC2CCCN2)c1. The molecular formula is C16H25NO. The van der Waals surface area contributed by atoms with Crippen LogP contribution in [0.2, 0.25) is 0 Å². The molecular weight excluding hydrogens is 222 g/mol. The van der Waals surface area contributed by atoms with Crippen molar-refractivity contribution in [2.45, 2.75) is 51.5 Å². The molecule has 1 aliphatic rings. The molecule has 1 unspecified atom stereocenters. The summed E-state index contributed by atoms with van der Waals surface area (Å²) in [6, 6.07) is 7.34. The van der Waals surface area contributed by atoms with Crippen LogP contribution in [0, 0.1) is 0 Å². The Morgan fingerprint density at radius 3 is 2.94 bits per heavy atom. The zero-order chi connectivity index (χ0) is 12.8. The predicted octanol–water partition coefficient (Wildman–Crippen LogP) is 3.33. The van der Waals surface area contributed by atoms with Gasteiger partial charge in [0.1, 0.15) is 5.75 Å². The van der Waals surface area contributed by atoms with Gasteiger partial charge in [-0.15, -0.1) is 0 Å². The maximum atomic E-state index is 5.45. The van der Waals surface area contributed by atoms with Crippen LogP contribution in [0.4, 0.5) is 0 Å². The van der Waals surface area contributed by atoms with Gasteiger partial charge in [-0.3, -0.25) is 0 Å². The molecule has 0 aliphatic carbocycles. The molecule has 1 fully saturated rings. The van der Waals surface area contributed by atoms with Gasteiger partial charge in [0.25, 0.3) is 0 Å². The molecule has 0 amide bonds. The topological polar surface area (TPSA) is 21.3 Å². The lowest BCUT2D eigenvalue weighted by Gasteiger charge is -2.12. The van der Waals surface area contributed by atoms with E-state index in [2.05, 4.69) is 30.4 Å². The molecule has 18 heavy (non-hydrogen) atoms. The lowest BCUT2D eigenvalue weighted by molar-refractivity contribution is 0.408. The minimum atomic E-state index is 0.755. The summed E-state index contributed by atoms with van der Waals surface area (Å²) in [5, 5.41) is 3.56. The third-order valence-electron chi connectivity index (χ3n) is 3.91. The van der Waals surface area contributed by atoms with Crippen molar-refractivity contribution in [2.75, 3.05) is 13.7 Å². The molecule has 1 aliphatic heterocycles. The van der Waals surface area contributed by atoms with Crippen molar-refractivity contribution in [2.24, 2.45) is 0 Å². The van der Waals surface area contributed by atoms with Crippen molar-refractivity contribution in [3.05, 3.63) is 29.3 Å². The van der Waals surface area contributed by atoms with Gasteiger partial charge in [-0.05, 0) is 62.3 Å². The average Bonchev–Trinajstić information content (AvgIpc) is 2.92. The van der Waals surface area contributed by atoms with Gasteiger partial charge >= 0.3 is 0 Å². The Morgan fingerprint density at radius 2 is 2.28 bits per heavy atom. The molecule has 0 bridgehead atoms. The maximum Gasteiger partial charge on any atom is 0.122 e. The van der Waals surface area contributed by atoms with E-state index in [9.17, 15) is 0 Å². The molecule has 2 heteroatoms. The average molecular weight is 247 g/mol. The third-order valence-corrected chi connectivity index (χ3v) is 3.91. The molecule has 1 saturated heterocycles. The molecule has 0 spiro atoms. The molecule has 1 atom stereocenters. The lowest BCUT2D eigenvalue weighted by atomic mass is 10.0. The van der Waals surface area contributed by atoms with E-state index in [1.807, 2.05) is 0 Å². The minimum absolute atomic E-state index is 0.755. The van der Waals surface area contributed by atoms with Gasteiger partial charge in [-0.25, -0.2) is 0 Å². The van der Waals surface area contributed by atoms with E-state index < -0.39 is 0 Å². The monoisotopic (exact) mass is 247 g/mol. The summed E-state index contributed by atoms with van der Waals surface area (Å²) >= 11 is 0. The molecule has 1 aromatic rings. The molecule has 100 valence electrons. The van der Waals surface area contributed by atoms with E-state index in [1.165, 1.54) is 43.4 Å². The van der Waals surface area contributed by atoms with Gasteiger partial charge in [-0.2, -0.15) is 0 Å². The van der Waals surface area contributed by atoms with E-state index >= 15 is 0 Å². The second kappa shape index (κ2) is 6.79. The van der Waals surface area contributed by atoms with Gasteiger partial charge < -0.3 is 10.1 Å². The highest BCUT2D eigenvalue weighted by Gasteiger charge is 2.13. The summed E-state index contributed by atoms with van der Waals surface area (Å²) < 4.78 is 5.45. The Bertz CT molecular complexity index is 369. The largest absolute Gasteiger partial charge is 0.496 e. The van der Waals surface area contributed by atoms with Gasteiger partial charge in [0, 0.05) is 6.04 Å². The van der Waals surface area contributed by atoms with Gasteiger partial charge in [0.2, 0.25) is 0 Å². The van der Waals surface area contributed by atoms with Crippen LogP contribution in [0.1, 0.15) is 43.7 Å². The third kappa shape index (κ3) is 3.49. The predicted molar refractivity (Wildman–Crippen MR) is 76.3 cm³/mol. The Balaban J connectivity index is 1.89. The van der Waals surface area contributed by atoms with E-state index in [4.69, 9.17) is 4.74 Å². The Hall–Kier alpha value is -1.02. The summed E-state index contributed by atoms with van der Waals surface area (Å²) in [5.41, 5.74) is 2.78. The Morgan fingerprint density at radius 1 is 1.39 bits per heavy atom. The van der Waals surface area contributed by atoms with Crippen LogP contribution < -0.4 is 10.1 Å². The molecule has 2 nitrogen and oxygen atoms in total. The van der Waals surface area contributed by atoms with Crippen molar-refractivity contribution in [1.29, 1.82) is 0 Å². The summed E-state index contributed by atoms with van der Waals surface area (Å²) in [6.07, 6.45) is 7.47. The van der Waals surface area contributed by atoms with Gasteiger partial charge in [0.15, 0.2) is 0 Å². The molecule has 0 aromatic heterocycles. The molecule has 0 radical (unpaired) electrons. The highest BCUT2D eigenvalue weighted by Crippen LogP contribution is 2.23. The van der Waals surface area contributed by atoms with E-state index in [-0.39, 0.29) is 0 Å². The Kier molecular flexibility index (Phi) is 5.06. The summed E-state index contributed by atoms with van der Waals surface area (Å²) in [5.74, 6) is 1.05. The van der Waals surface area contributed by atoms with Crippen LogP contribution in [-0.2, 0) is 12.8 Å². The number of ether oxygens (including phenoxy) is 1. The van der Waals surface area contributed by atoms with Crippen LogP contribution in [0.15, 0.2) is 18.2 Å². The standard InChI is InChI=1S/C16H25NO/c1-3-13-9-10-16(18-2)14(12-13)6-4-7-15-8-5-11-17-15/h9-10,12,15,17H,3-8,11H2,1-2H3. The van der Waals surface area contributed by atoms with E-state index in [0.717, 1.165) is 24.6 Å². The van der Waals surface area contributed by atoms with E-state index in [0.29, 0.717) is 0 Å². The first-order valence-corrected chi connectivity index (χ1v) is 7.22. The lowest BCUT2D eigenvalue weighted by Crippen LogP contribution is -2.21. The van der Waals surface area contributed by atoms with Gasteiger partial charge in [-0.1, -0.05) is 19.1 Å². The number of hydrogen-bond acceptors (Lipinski definition) is 2. The quantitative estimate of drug-likeness (QED) is 0.832. The fraction of sp³-hybridized carbons (Fsp3) is 0.625. The molecule has 1 heterocycles. The first-order valence-electron chi connectivity index (χ1n) is 7.22. The van der Waals surface area contributed by atoms with Crippen LogP contribution in [0.25, 0.3) is 0 Å². The second-order valence-electron chi connectivity index (χ2n) is 5.19. The molecule has 0 saturated carbocycles. The Labute approximate surface area is 111 Å². The number of nitrogens with one attached hydrogen (secondary N) is 1. The highest BCUT2D eigenvalue weighted by molar-refractivity contribution is 5.37. The highest BCUT2D eigenvalue weighted by atomic mass is 16.5. The van der Waals surface area contributed by atoms with Crippen LogP contribution >= 0.6 is 0 Å². The maximum absolute atomic E-state index is 5.45. The second-order valence-corrected chi connectivity index (χ2v) is 5.19. The number of rotatable bonds is 6. The van der Waals surface area contributed by atoms with Gasteiger partial charge in [0.05, 0.1) is 7.11 Å². The minimum Gasteiger partial charge on any atom is -0.496 e. The van der Waals surface area contributed by atoms with Crippen molar-refractivity contribution in [3.63, 3.8) is 0 Å².